The molecule has 8 heteroatoms. The van der Waals surface area contributed by atoms with Gasteiger partial charge in [0.1, 0.15) is 5.65 Å². The summed E-state index contributed by atoms with van der Waals surface area (Å²) in [7, 11) is 1.79. The van der Waals surface area contributed by atoms with E-state index in [0.29, 0.717) is 18.9 Å². The molecule has 3 heterocycles. The van der Waals surface area contributed by atoms with Crippen LogP contribution in [0.2, 0.25) is 0 Å². The van der Waals surface area contributed by atoms with E-state index < -0.39 is 0 Å². The first-order valence-electron chi connectivity index (χ1n) is 8.74. The molecular formula is C18H27IN6O. The van der Waals surface area contributed by atoms with Gasteiger partial charge in [-0.05, 0) is 37.8 Å². The Morgan fingerprint density at radius 3 is 2.96 bits per heavy atom. The molecule has 3 rings (SSSR count). The van der Waals surface area contributed by atoms with Crippen LogP contribution in [0.3, 0.4) is 0 Å². The molecule has 0 aromatic carbocycles. The van der Waals surface area contributed by atoms with E-state index in [1.807, 2.05) is 12.1 Å². The Hall–Kier alpha value is -1.84. The van der Waals surface area contributed by atoms with Gasteiger partial charge in [0, 0.05) is 38.4 Å². The van der Waals surface area contributed by atoms with Gasteiger partial charge in [0.15, 0.2) is 5.96 Å². The zero-order valence-electron chi connectivity index (χ0n) is 15.3. The number of nitrogens with two attached hydrogens (primary N) is 1. The number of primary amides is 1. The summed E-state index contributed by atoms with van der Waals surface area (Å²) in [5, 5.41) is 3.39. The zero-order valence-corrected chi connectivity index (χ0v) is 17.6. The summed E-state index contributed by atoms with van der Waals surface area (Å²) in [6.45, 7) is 4.44. The van der Waals surface area contributed by atoms with E-state index in [4.69, 9.17) is 5.73 Å². The molecule has 1 atom stereocenters. The molecule has 0 bridgehead atoms. The Bertz CT molecular complexity index is 787. The number of halogens is 1. The number of likely N-dealkylation sites (tertiary alicyclic amines) is 1. The van der Waals surface area contributed by atoms with E-state index in [1.54, 1.807) is 7.05 Å². The van der Waals surface area contributed by atoms with Gasteiger partial charge in [-0.1, -0.05) is 6.07 Å². The molecule has 2 aromatic heterocycles. The van der Waals surface area contributed by atoms with E-state index in [0.717, 1.165) is 48.9 Å². The minimum atomic E-state index is -0.227. The van der Waals surface area contributed by atoms with Crippen LogP contribution in [0.15, 0.2) is 29.4 Å². The van der Waals surface area contributed by atoms with Crippen molar-refractivity contribution in [2.75, 3.05) is 20.1 Å². The topological polar surface area (TPSA) is 88.0 Å². The van der Waals surface area contributed by atoms with E-state index >= 15 is 0 Å². The van der Waals surface area contributed by atoms with Crippen molar-refractivity contribution in [3.8, 4) is 0 Å². The zero-order chi connectivity index (χ0) is 17.8. The smallest absolute Gasteiger partial charge is 0.217 e. The Morgan fingerprint density at radius 1 is 1.46 bits per heavy atom. The van der Waals surface area contributed by atoms with Gasteiger partial charge in [-0.3, -0.25) is 9.79 Å². The highest BCUT2D eigenvalue weighted by atomic mass is 127. The van der Waals surface area contributed by atoms with E-state index in [-0.39, 0.29) is 29.9 Å². The number of fused-ring (bicyclic) bond motifs is 1. The van der Waals surface area contributed by atoms with Crippen LogP contribution in [-0.2, 0) is 11.3 Å². The van der Waals surface area contributed by atoms with Crippen molar-refractivity contribution in [3.63, 3.8) is 0 Å². The van der Waals surface area contributed by atoms with Crippen LogP contribution < -0.4 is 11.1 Å². The number of imidazole rings is 1. The van der Waals surface area contributed by atoms with Gasteiger partial charge in [-0.25, -0.2) is 4.98 Å². The quantitative estimate of drug-likeness (QED) is 0.406. The summed E-state index contributed by atoms with van der Waals surface area (Å²) in [5.74, 6) is 0.931. The molecule has 2 aromatic rings. The lowest BCUT2D eigenvalue weighted by Crippen LogP contribution is -2.46. The van der Waals surface area contributed by atoms with Crippen molar-refractivity contribution in [2.24, 2.45) is 16.6 Å². The number of nitrogens with one attached hydrogen (secondary N) is 1. The van der Waals surface area contributed by atoms with Crippen molar-refractivity contribution < 1.29 is 4.79 Å². The molecule has 1 unspecified atom stereocenters. The third-order valence-corrected chi connectivity index (χ3v) is 4.69. The standard InChI is InChI=1S/C18H26N6O.HI/c1-13-5-3-7-17-22-15(12-24(13)17)10-21-18(20-2)23-8-4-6-14(11-23)9-16(19)25;/h3,5,7,12,14H,4,6,8-11H2,1-2H3,(H2,19,25)(H,20,21);1H. The monoisotopic (exact) mass is 470 g/mol. The van der Waals surface area contributed by atoms with Crippen LogP contribution in [0.5, 0.6) is 0 Å². The Morgan fingerprint density at radius 2 is 2.27 bits per heavy atom. The Kier molecular flexibility index (Phi) is 7.24. The molecule has 26 heavy (non-hydrogen) atoms. The van der Waals surface area contributed by atoms with Crippen LogP contribution >= 0.6 is 24.0 Å². The van der Waals surface area contributed by atoms with Crippen molar-refractivity contribution in [1.29, 1.82) is 0 Å². The van der Waals surface area contributed by atoms with Gasteiger partial charge in [0.25, 0.3) is 0 Å². The highest BCUT2D eigenvalue weighted by Crippen LogP contribution is 2.19. The van der Waals surface area contributed by atoms with Crippen molar-refractivity contribution in [1.82, 2.24) is 19.6 Å². The maximum Gasteiger partial charge on any atom is 0.217 e. The number of rotatable bonds is 4. The number of carbonyl (C=O) groups excluding carboxylic acids is 1. The molecule has 0 spiro atoms. The number of hydrogen-bond donors (Lipinski definition) is 2. The van der Waals surface area contributed by atoms with Crippen LogP contribution in [0.1, 0.15) is 30.7 Å². The van der Waals surface area contributed by atoms with E-state index in [2.05, 4.69) is 43.8 Å². The SMILES string of the molecule is CN=C(NCc1cn2c(C)cccc2n1)N1CCCC(CC(N)=O)C1.I. The fourth-order valence-electron chi connectivity index (χ4n) is 3.49. The van der Waals surface area contributed by atoms with Gasteiger partial charge in [0.2, 0.25) is 5.91 Å². The van der Waals surface area contributed by atoms with Gasteiger partial charge in [0.05, 0.1) is 12.2 Å². The number of aliphatic imine (C=N–C) groups is 1. The highest BCUT2D eigenvalue weighted by molar-refractivity contribution is 14.0. The van der Waals surface area contributed by atoms with Crippen molar-refractivity contribution in [2.45, 2.75) is 32.7 Å². The highest BCUT2D eigenvalue weighted by Gasteiger charge is 2.23. The van der Waals surface area contributed by atoms with Crippen LogP contribution in [0, 0.1) is 12.8 Å². The molecule has 0 radical (unpaired) electrons. The molecule has 1 amide bonds. The van der Waals surface area contributed by atoms with Gasteiger partial charge in [-0.15, -0.1) is 24.0 Å². The average molecular weight is 470 g/mol. The van der Waals surface area contributed by atoms with Gasteiger partial charge < -0.3 is 20.4 Å². The number of guanidine groups is 1. The summed E-state index contributed by atoms with van der Waals surface area (Å²) in [5.41, 5.74) is 8.43. The Balaban J connectivity index is 0.00000243. The van der Waals surface area contributed by atoms with Crippen molar-refractivity contribution >= 4 is 41.5 Å². The normalized spacial score (nSPS) is 17.8. The van der Waals surface area contributed by atoms with Gasteiger partial charge >= 0.3 is 0 Å². The average Bonchev–Trinajstić information content (AvgIpc) is 3.00. The molecule has 0 aliphatic carbocycles. The van der Waals surface area contributed by atoms with Crippen molar-refractivity contribution in [3.05, 3.63) is 35.8 Å². The molecule has 1 aliphatic heterocycles. The van der Waals surface area contributed by atoms with Gasteiger partial charge in [-0.2, -0.15) is 0 Å². The summed E-state index contributed by atoms with van der Waals surface area (Å²) < 4.78 is 2.09. The summed E-state index contributed by atoms with van der Waals surface area (Å²) in [4.78, 5) is 22.4. The van der Waals surface area contributed by atoms with Crippen LogP contribution in [0.25, 0.3) is 5.65 Å². The number of piperidine rings is 1. The third kappa shape index (κ3) is 4.87. The number of hydrogen-bond acceptors (Lipinski definition) is 3. The fourth-order valence-corrected chi connectivity index (χ4v) is 3.49. The second kappa shape index (κ2) is 9.20. The number of nitrogens with zero attached hydrogens (tertiary/aromatic N) is 4. The Labute approximate surface area is 171 Å². The number of pyridine rings is 1. The lowest BCUT2D eigenvalue weighted by atomic mass is 9.95. The second-order valence-electron chi connectivity index (χ2n) is 6.65. The molecule has 1 fully saturated rings. The maximum absolute atomic E-state index is 11.2. The number of aryl methyl sites for hydroxylation is 1. The van der Waals surface area contributed by atoms with E-state index in [9.17, 15) is 4.79 Å². The number of amides is 1. The fraction of sp³-hybridized carbons (Fsp3) is 0.500. The maximum atomic E-state index is 11.2. The molecular weight excluding hydrogens is 443 g/mol. The minimum Gasteiger partial charge on any atom is -0.370 e. The summed E-state index contributed by atoms with van der Waals surface area (Å²) >= 11 is 0. The number of aromatic nitrogens is 2. The predicted molar refractivity (Wildman–Crippen MR) is 114 cm³/mol. The largest absolute Gasteiger partial charge is 0.370 e. The molecule has 142 valence electrons. The van der Waals surface area contributed by atoms with Crippen LogP contribution in [0.4, 0.5) is 0 Å². The summed E-state index contributed by atoms with van der Waals surface area (Å²) in [6, 6.07) is 6.09. The lowest BCUT2D eigenvalue weighted by molar-refractivity contribution is -0.119. The first-order valence-corrected chi connectivity index (χ1v) is 8.74. The predicted octanol–water partition coefficient (Wildman–Crippen LogP) is 1.92. The first-order chi connectivity index (χ1) is 12.1. The number of carbonyl (C=O) groups is 1. The molecule has 1 saturated heterocycles. The molecule has 3 N–H and O–H groups in total. The second-order valence-corrected chi connectivity index (χ2v) is 6.65. The van der Waals surface area contributed by atoms with E-state index in [1.165, 1.54) is 0 Å². The minimum absolute atomic E-state index is 0. The lowest BCUT2D eigenvalue weighted by Gasteiger charge is -2.34. The molecule has 0 saturated carbocycles. The molecule has 7 nitrogen and oxygen atoms in total. The van der Waals surface area contributed by atoms with Crippen LogP contribution in [-0.4, -0.2) is 46.3 Å². The molecule has 1 aliphatic rings. The third-order valence-electron chi connectivity index (χ3n) is 4.69. The first kappa shape index (κ1) is 20.5. The summed E-state index contributed by atoms with van der Waals surface area (Å²) in [6.07, 6.45) is 4.59.